The van der Waals surface area contributed by atoms with Crippen molar-refractivity contribution in [2.24, 2.45) is 0 Å². The highest BCUT2D eigenvalue weighted by atomic mass is 35.5. The zero-order valence-corrected chi connectivity index (χ0v) is 17.5. The lowest BCUT2D eigenvalue weighted by molar-refractivity contribution is -0.123. The Kier molecular flexibility index (Phi) is 7.38. The van der Waals surface area contributed by atoms with E-state index in [0.29, 0.717) is 23.0 Å². The Hall–Kier alpha value is -2.70. The Balaban J connectivity index is 1.59. The van der Waals surface area contributed by atoms with Crippen LogP contribution in [0.1, 0.15) is 6.92 Å². The number of anilines is 1. The molecule has 3 aromatic rings. The van der Waals surface area contributed by atoms with Crippen LogP contribution in [0, 0.1) is 0 Å². The molecule has 0 saturated carbocycles. The van der Waals surface area contributed by atoms with Gasteiger partial charge in [0.25, 0.3) is 5.91 Å². The molecule has 2 N–H and O–H groups in total. The summed E-state index contributed by atoms with van der Waals surface area (Å²) in [6, 6.07) is 18.6. The molecule has 0 aliphatic heterocycles. The third kappa shape index (κ3) is 5.89. The van der Waals surface area contributed by atoms with E-state index in [1.54, 1.807) is 24.3 Å². The number of hydrogen-bond acceptors (Lipinski definition) is 4. The van der Waals surface area contributed by atoms with Crippen LogP contribution in [0.2, 0.25) is 5.02 Å². The van der Waals surface area contributed by atoms with Gasteiger partial charge in [0.2, 0.25) is 5.91 Å². The van der Waals surface area contributed by atoms with Gasteiger partial charge in [-0.1, -0.05) is 41.9 Å². The zero-order chi connectivity index (χ0) is 20.6. The first-order valence-corrected chi connectivity index (χ1v) is 10.5. The Morgan fingerprint density at radius 3 is 2.59 bits per heavy atom. The molecule has 0 aliphatic rings. The molecule has 0 saturated heterocycles. The normalized spacial score (nSPS) is 10.6. The average molecular weight is 429 g/mol. The van der Waals surface area contributed by atoms with Crippen molar-refractivity contribution in [2.45, 2.75) is 11.8 Å². The number of nitrogens with one attached hydrogen (secondary N) is 2. The van der Waals surface area contributed by atoms with Gasteiger partial charge < -0.3 is 15.4 Å². The second kappa shape index (κ2) is 10.2. The molecule has 7 heteroatoms. The number of hydrogen-bond donors (Lipinski definition) is 2. The summed E-state index contributed by atoms with van der Waals surface area (Å²) >= 11 is 7.77. The lowest BCUT2D eigenvalue weighted by Gasteiger charge is -2.10. The highest BCUT2D eigenvalue weighted by Crippen LogP contribution is 2.33. The number of fused-ring (bicyclic) bond motifs is 1. The van der Waals surface area contributed by atoms with E-state index in [9.17, 15) is 9.59 Å². The van der Waals surface area contributed by atoms with Gasteiger partial charge in [0, 0.05) is 33.6 Å². The Bertz CT molecular complexity index is 1020. The van der Waals surface area contributed by atoms with E-state index in [0.717, 1.165) is 15.7 Å². The summed E-state index contributed by atoms with van der Waals surface area (Å²) in [6.07, 6.45) is 0. The minimum atomic E-state index is -0.188. The van der Waals surface area contributed by atoms with E-state index in [4.69, 9.17) is 16.3 Å². The van der Waals surface area contributed by atoms with Crippen molar-refractivity contribution >= 4 is 51.6 Å². The van der Waals surface area contributed by atoms with Crippen LogP contribution >= 0.6 is 23.4 Å². The standard InChI is InChI=1S/C22H21ClN2O3S/c1-2-24-20(26)13-28-17-9-5-8-16(12-17)25-21(27)14-29-19-11-4-7-15-6-3-10-18(23)22(15)19/h3-12H,2,13-14H2,1H3,(H,24,26)(H,25,27). The fourth-order valence-electron chi connectivity index (χ4n) is 2.78. The van der Waals surface area contributed by atoms with Gasteiger partial charge in [0.1, 0.15) is 5.75 Å². The number of carbonyl (C=O) groups excluding carboxylic acids is 2. The number of thioether (sulfide) groups is 1. The second-order valence-electron chi connectivity index (χ2n) is 6.20. The number of benzene rings is 3. The van der Waals surface area contributed by atoms with E-state index >= 15 is 0 Å². The molecule has 0 spiro atoms. The molecule has 150 valence electrons. The molecule has 2 amide bonds. The van der Waals surface area contributed by atoms with Gasteiger partial charge in [-0.15, -0.1) is 11.8 Å². The fourth-order valence-corrected chi connectivity index (χ4v) is 4.03. The number of likely N-dealkylation sites (N-methyl/N-ethyl adjacent to an activating group) is 1. The number of rotatable bonds is 8. The number of carbonyl (C=O) groups is 2. The Morgan fingerprint density at radius 2 is 1.79 bits per heavy atom. The molecule has 0 unspecified atom stereocenters. The first-order valence-electron chi connectivity index (χ1n) is 9.16. The third-order valence-corrected chi connectivity index (χ3v) is 5.41. The maximum absolute atomic E-state index is 12.4. The summed E-state index contributed by atoms with van der Waals surface area (Å²) in [6.45, 7) is 2.33. The summed E-state index contributed by atoms with van der Waals surface area (Å²) in [5, 5.41) is 8.19. The first kappa shape index (κ1) is 21.0. The van der Waals surface area contributed by atoms with Crippen LogP contribution in [0.3, 0.4) is 0 Å². The maximum Gasteiger partial charge on any atom is 0.257 e. The smallest absolute Gasteiger partial charge is 0.257 e. The summed E-state index contributed by atoms with van der Waals surface area (Å²) in [7, 11) is 0. The zero-order valence-electron chi connectivity index (χ0n) is 15.9. The number of halogens is 1. The van der Waals surface area contributed by atoms with Crippen molar-refractivity contribution in [3.63, 3.8) is 0 Å². The molecule has 0 fully saturated rings. The molecule has 5 nitrogen and oxygen atoms in total. The summed E-state index contributed by atoms with van der Waals surface area (Å²) < 4.78 is 5.45. The van der Waals surface area contributed by atoms with Gasteiger partial charge in [0.05, 0.1) is 5.75 Å². The van der Waals surface area contributed by atoms with Crippen LogP contribution in [0.25, 0.3) is 10.8 Å². The molecule has 3 aromatic carbocycles. The van der Waals surface area contributed by atoms with Crippen LogP contribution in [0.15, 0.2) is 65.6 Å². The van der Waals surface area contributed by atoms with Gasteiger partial charge in [-0.2, -0.15) is 0 Å². The third-order valence-electron chi connectivity index (χ3n) is 4.04. The van der Waals surface area contributed by atoms with E-state index < -0.39 is 0 Å². The fraction of sp³-hybridized carbons (Fsp3) is 0.182. The maximum atomic E-state index is 12.4. The predicted octanol–water partition coefficient (Wildman–Crippen LogP) is 4.74. The van der Waals surface area contributed by atoms with Crippen LogP contribution < -0.4 is 15.4 Å². The van der Waals surface area contributed by atoms with Gasteiger partial charge in [-0.05, 0) is 36.6 Å². The van der Waals surface area contributed by atoms with Crippen molar-refractivity contribution in [3.8, 4) is 5.75 Å². The minimum Gasteiger partial charge on any atom is -0.484 e. The molecule has 0 bridgehead atoms. The Morgan fingerprint density at radius 1 is 1.03 bits per heavy atom. The highest BCUT2D eigenvalue weighted by Gasteiger charge is 2.09. The lowest BCUT2D eigenvalue weighted by atomic mass is 10.1. The monoisotopic (exact) mass is 428 g/mol. The molecular weight excluding hydrogens is 408 g/mol. The predicted molar refractivity (Wildman–Crippen MR) is 119 cm³/mol. The molecular formula is C22H21ClN2O3S. The van der Waals surface area contributed by atoms with Crippen molar-refractivity contribution < 1.29 is 14.3 Å². The van der Waals surface area contributed by atoms with E-state index in [2.05, 4.69) is 10.6 Å². The van der Waals surface area contributed by atoms with Crippen molar-refractivity contribution in [1.82, 2.24) is 5.32 Å². The van der Waals surface area contributed by atoms with Crippen LogP contribution in [-0.2, 0) is 9.59 Å². The SMILES string of the molecule is CCNC(=O)COc1cccc(NC(=O)CSc2cccc3cccc(Cl)c23)c1. The van der Waals surface area contributed by atoms with Crippen LogP contribution in [0.5, 0.6) is 5.75 Å². The van der Waals surface area contributed by atoms with Gasteiger partial charge in [-0.25, -0.2) is 0 Å². The molecule has 0 aliphatic carbocycles. The van der Waals surface area contributed by atoms with Crippen molar-refractivity contribution in [3.05, 3.63) is 65.7 Å². The molecule has 0 atom stereocenters. The topological polar surface area (TPSA) is 67.4 Å². The molecule has 0 heterocycles. The van der Waals surface area contributed by atoms with E-state index in [-0.39, 0.29) is 24.2 Å². The van der Waals surface area contributed by atoms with Gasteiger partial charge in [0.15, 0.2) is 6.61 Å². The number of amides is 2. The minimum absolute atomic E-state index is 0.0665. The van der Waals surface area contributed by atoms with E-state index in [1.807, 2.05) is 43.3 Å². The summed E-state index contributed by atoms with van der Waals surface area (Å²) in [5.74, 6) is 0.434. The summed E-state index contributed by atoms with van der Waals surface area (Å²) in [4.78, 5) is 24.9. The van der Waals surface area contributed by atoms with Gasteiger partial charge in [-0.3, -0.25) is 9.59 Å². The number of ether oxygens (including phenoxy) is 1. The first-order chi connectivity index (χ1) is 14.1. The average Bonchev–Trinajstić information content (AvgIpc) is 2.71. The molecule has 0 radical (unpaired) electrons. The highest BCUT2D eigenvalue weighted by molar-refractivity contribution is 8.00. The molecule has 3 rings (SSSR count). The van der Waals surface area contributed by atoms with Crippen LogP contribution in [-0.4, -0.2) is 30.7 Å². The molecule has 29 heavy (non-hydrogen) atoms. The largest absolute Gasteiger partial charge is 0.484 e. The van der Waals surface area contributed by atoms with Crippen molar-refractivity contribution in [1.29, 1.82) is 0 Å². The van der Waals surface area contributed by atoms with Gasteiger partial charge >= 0.3 is 0 Å². The quantitative estimate of drug-likeness (QED) is 0.508. The van der Waals surface area contributed by atoms with Crippen LogP contribution in [0.4, 0.5) is 5.69 Å². The summed E-state index contributed by atoms with van der Waals surface area (Å²) in [5.41, 5.74) is 0.611. The Labute approximate surface area is 178 Å². The lowest BCUT2D eigenvalue weighted by Crippen LogP contribution is -2.28. The molecule has 0 aromatic heterocycles. The van der Waals surface area contributed by atoms with E-state index in [1.165, 1.54) is 11.8 Å². The second-order valence-corrected chi connectivity index (χ2v) is 7.63. The van der Waals surface area contributed by atoms with Crippen molar-refractivity contribution in [2.75, 3.05) is 24.2 Å².